The molecule has 4 nitrogen and oxygen atoms in total. The maximum Gasteiger partial charge on any atom is 0.212 e. The van der Waals surface area contributed by atoms with E-state index in [0.29, 0.717) is 29.2 Å². The minimum atomic E-state index is 0.315. The fourth-order valence-corrected chi connectivity index (χ4v) is 2.82. The Morgan fingerprint density at radius 3 is 2.60 bits per heavy atom. The molecular weight excluding hydrogens is 389 g/mol. The highest BCUT2D eigenvalue weighted by molar-refractivity contribution is 14.1. The average Bonchev–Trinajstić information content (AvgIpc) is 2.43. The van der Waals surface area contributed by atoms with Gasteiger partial charge >= 0.3 is 0 Å². The summed E-state index contributed by atoms with van der Waals surface area (Å²) >= 11 is 8.37. The molecule has 0 unspecified atom stereocenters. The molecule has 0 aliphatic rings. The lowest BCUT2D eigenvalue weighted by molar-refractivity contribution is 0.397. The average molecular weight is 404 g/mol. The number of rotatable bonds is 4. The molecule has 0 radical (unpaired) electrons. The van der Waals surface area contributed by atoms with Crippen molar-refractivity contribution in [2.45, 2.75) is 26.2 Å². The summed E-state index contributed by atoms with van der Waals surface area (Å²) in [6, 6.07) is 3.78. The number of hydrogen-bond donors (Lipinski definition) is 0. The quantitative estimate of drug-likeness (QED) is 0.575. The van der Waals surface area contributed by atoms with Gasteiger partial charge in [0.15, 0.2) is 0 Å². The van der Waals surface area contributed by atoms with Crippen LogP contribution in [-0.2, 0) is 6.42 Å². The Hall–Kier alpha value is -0.950. The molecule has 2 heterocycles. The van der Waals surface area contributed by atoms with Gasteiger partial charge in [-0.1, -0.05) is 31.5 Å². The van der Waals surface area contributed by atoms with Crippen LogP contribution in [0, 0.1) is 3.57 Å². The van der Waals surface area contributed by atoms with Crippen LogP contribution in [-0.4, -0.2) is 22.1 Å². The topological polar surface area (TPSA) is 47.9 Å². The van der Waals surface area contributed by atoms with Crippen molar-refractivity contribution < 1.29 is 4.74 Å². The van der Waals surface area contributed by atoms with Crippen LogP contribution in [0.5, 0.6) is 5.88 Å². The molecular formula is C14H15ClIN3O. The van der Waals surface area contributed by atoms with E-state index in [4.69, 9.17) is 16.3 Å². The molecule has 0 bridgehead atoms. The Bertz CT molecular complexity index is 602. The predicted molar refractivity (Wildman–Crippen MR) is 87.4 cm³/mol. The molecule has 2 aromatic heterocycles. The molecule has 0 spiro atoms. The number of hydrogen-bond acceptors (Lipinski definition) is 4. The van der Waals surface area contributed by atoms with Crippen molar-refractivity contribution in [2.24, 2.45) is 0 Å². The van der Waals surface area contributed by atoms with Gasteiger partial charge in [0.1, 0.15) is 11.0 Å². The maximum absolute atomic E-state index is 6.18. The first kappa shape index (κ1) is 15.4. The van der Waals surface area contributed by atoms with Crippen LogP contribution >= 0.6 is 34.2 Å². The standard InChI is InChI=1S/C14H15ClIN3O/c1-8(2)13-12(16)14(15)19-10(18-13)6-9-4-5-11(20-3)17-7-9/h4-5,7-8H,6H2,1-3H3. The zero-order valence-electron chi connectivity index (χ0n) is 11.5. The third-order valence-electron chi connectivity index (χ3n) is 2.80. The molecule has 0 amide bonds. The first-order valence-corrected chi connectivity index (χ1v) is 7.67. The summed E-state index contributed by atoms with van der Waals surface area (Å²) < 4.78 is 5.97. The zero-order valence-corrected chi connectivity index (χ0v) is 14.4. The van der Waals surface area contributed by atoms with Gasteiger partial charge in [0.2, 0.25) is 5.88 Å². The summed E-state index contributed by atoms with van der Waals surface area (Å²) in [5.41, 5.74) is 2.01. The second kappa shape index (κ2) is 6.67. The lowest BCUT2D eigenvalue weighted by Gasteiger charge is -2.11. The number of methoxy groups -OCH3 is 1. The van der Waals surface area contributed by atoms with Crippen molar-refractivity contribution in [1.29, 1.82) is 0 Å². The van der Waals surface area contributed by atoms with E-state index in [1.807, 2.05) is 12.1 Å². The van der Waals surface area contributed by atoms with Gasteiger partial charge < -0.3 is 4.74 Å². The Labute approximate surface area is 137 Å². The summed E-state index contributed by atoms with van der Waals surface area (Å²) in [5.74, 6) is 1.62. The summed E-state index contributed by atoms with van der Waals surface area (Å²) in [7, 11) is 1.60. The van der Waals surface area contributed by atoms with Crippen molar-refractivity contribution in [3.05, 3.63) is 44.1 Å². The molecule has 106 valence electrons. The van der Waals surface area contributed by atoms with Crippen molar-refractivity contribution in [1.82, 2.24) is 15.0 Å². The van der Waals surface area contributed by atoms with Gasteiger partial charge in [-0.15, -0.1) is 0 Å². The van der Waals surface area contributed by atoms with Crippen LogP contribution in [0.15, 0.2) is 18.3 Å². The molecule has 0 N–H and O–H groups in total. The second-order valence-corrected chi connectivity index (χ2v) is 6.11. The Balaban J connectivity index is 2.28. The van der Waals surface area contributed by atoms with Gasteiger partial charge in [-0.05, 0) is 34.1 Å². The first-order valence-electron chi connectivity index (χ1n) is 6.22. The minimum Gasteiger partial charge on any atom is -0.481 e. The lowest BCUT2D eigenvalue weighted by Crippen LogP contribution is -2.06. The summed E-state index contributed by atoms with van der Waals surface area (Å²) in [5, 5.41) is 0.515. The Morgan fingerprint density at radius 1 is 1.30 bits per heavy atom. The van der Waals surface area contributed by atoms with Crippen LogP contribution in [0.3, 0.4) is 0 Å². The molecule has 6 heteroatoms. The van der Waals surface area contributed by atoms with Gasteiger partial charge in [-0.2, -0.15) is 0 Å². The minimum absolute atomic E-state index is 0.315. The molecule has 2 rings (SSSR count). The smallest absolute Gasteiger partial charge is 0.212 e. The van der Waals surface area contributed by atoms with Crippen molar-refractivity contribution >= 4 is 34.2 Å². The fraction of sp³-hybridized carbons (Fsp3) is 0.357. The highest BCUT2D eigenvalue weighted by atomic mass is 127. The molecule has 0 fully saturated rings. The van der Waals surface area contributed by atoms with Gasteiger partial charge in [0.05, 0.1) is 16.4 Å². The Morgan fingerprint density at radius 2 is 2.05 bits per heavy atom. The molecule has 0 saturated heterocycles. The molecule has 0 aliphatic heterocycles. The third kappa shape index (κ3) is 3.58. The van der Waals surface area contributed by atoms with Crippen molar-refractivity contribution in [2.75, 3.05) is 7.11 Å². The number of aromatic nitrogens is 3. The molecule has 2 aromatic rings. The molecule has 20 heavy (non-hydrogen) atoms. The van der Waals surface area contributed by atoms with E-state index in [1.54, 1.807) is 13.3 Å². The van der Waals surface area contributed by atoms with Crippen molar-refractivity contribution in [3.8, 4) is 5.88 Å². The number of nitrogens with zero attached hydrogens (tertiary/aromatic N) is 3. The predicted octanol–water partition coefficient (Wildman–Crippen LogP) is 3.85. The van der Waals surface area contributed by atoms with Crippen LogP contribution in [0.2, 0.25) is 5.15 Å². The first-order chi connectivity index (χ1) is 9.51. The normalized spacial score (nSPS) is 10.9. The van der Waals surface area contributed by atoms with Gasteiger partial charge in [-0.25, -0.2) is 15.0 Å². The van der Waals surface area contributed by atoms with Crippen LogP contribution in [0.25, 0.3) is 0 Å². The van der Waals surface area contributed by atoms with E-state index in [2.05, 4.69) is 51.4 Å². The van der Waals surface area contributed by atoms with E-state index in [0.717, 1.165) is 14.8 Å². The van der Waals surface area contributed by atoms with Crippen LogP contribution in [0.1, 0.15) is 36.8 Å². The third-order valence-corrected chi connectivity index (χ3v) is 4.45. The van der Waals surface area contributed by atoms with E-state index in [-0.39, 0.29) is 0 Å². The monoisotopic (exact) mass is 403 g/mol. The van der Waals surface area contributed by atoms with Gasteiger partial charge in [0.25, 0.3) is 0 Å². The maximum atomic E-state index is 6.18. The number of ether oxygens (including phenoxy) is 1. The van der Waals surface area contributed by atoms with Gasteiger partial charge in [0, 0.05) is 18.7 Å². The highest BCUT2D eigenvalue weighted by Gasteiger charge is 2.14. The molecule has 0 atom stereocenters. The zero-order chi connectivity index (χ0) is 14.7. The molecule has 0 aromatic carbocycles. The van der Waals surface area contributed by atoms with Crippen LogP contribution < -0.4 is 4.74 Å². The van der Waals surface area contributed by atoms with E-state index in [1.165, 1.54) is 0 Å². The molecule has 0 aliphatic carbocycles. The molecule has 0 saturated carbocycles. The van der Waals surface area contributed by atoms with E-state index >= 15 is 0 Å². The summed E-state index contributed by atoms with van der Waals surface area (Å²) in [6.45, 7) is 4.19. The summed E-state index contributed by atoms with van der Waals surface area (Å²) in [4.78, 5) is 13.1. The Kier molecular flexibility index (Phi) is 5.15. The van der Waals surface area contributed by atoms with Gasteiger partial charge in [-0.3, -0.25) is 0 Å². The number of pyridine rings is 1. The SMILES string of the molecule is COc1ccc(Cc2nc(Cl)c(I)c(C(C)C)n2)cn1. The van der Waals surface area contributed by atoms with Crippen molar-refractivity contribution in [3.63, 3.8) is 0 Å². The largest absolute Gasteiger partial charge is 0.481 e. The lowest BCUT2D eigenvalue weighted by atomic mass is 10.1. The summed E-state index contributed by atoms with van der Waals surface area (Å²) in [6.07, 6.45) is 2.37. The second-order valence-electron chi connectivity index (χ2n) is 4.67. The number of halogens is 2. The van der Waals surface area contributed by atoms with E-state index in [9.17, 15) is 0 Å². The van der Waals surface area contributed by atoms with E-state index < -0.39 is 0 Å². The van der Waals surface area contributed by atoms with Crippen LogP contribution in [0.4, 0.5) is 0 Å². The highest BCUT2D eigenvalue weighted by Crippen LogP contribution is 2.25. The fourth-order valence-electron chi connectivity index (χ4n) is 1.76.